The van der Waals surface area contributed by atoms with Crippen LogP contribution in [0.2, 0.25) is 0 Å². The molecule has 138 valence electrons. The van der Waals surface area contributed by atoms with Gasteiger partial charge in [-0.2, -0.15) is 5.10 Å². The fourth-order valence-corrected chi connectivity index (χ4v) is 3.11. The molecule has 3 aromatic rings. The van der Waals surface area contributed by atoms with Crippen molar-refractivity contribution in [1.29, 1.82) is 0 Å². The van der Waals surface area contributed by atoms with E-state index in [1.165, 1.54) is 47.1 Å². The quantitative estimate of drug-likeness (QED) is 0.525. The van der Waals surface area contributed by atoms with Gasteiger partial charge in [-0.25, -0.2) is 17.9 Å². The first kappa shape index (κ1) is 18.3. The maximum absolute atomic E-state index is 11.6. The van der Waals surface area contributed by atoms with E-state index >= 15 is 0 Å². The number of nitrogens with zero attached hydrogens (tertiary/aromatic N) is 3. The minimum atomic E-state index is -3.37. The van der Waals surface area contributed by atoms with Gasteiger partial charge < -0.3 is 5.11 Å². The van der Waals surface area contributed by atoms with Crippen LogP contribution >= 0.6 is 0 Å². The van der Waals surface area contributed by atoms with Gasteiger partial charge in [0.1, 0.15) is 0 Å². The Bertz CT molecular complexity index is 1130. The number of benzene rings is 2. The molecule has 0 aliphatic rings. The number of aromatic carboxylic acids is 1. The predicted octanol–water partition coefficient (Wildman–Crippen LogP) is 2.55. The van der Waals surface area contributed by atoms with E-state index in [0.29, 0.717) is 16.9 Å². The van der Waals surface area contributed by atoms with Gasteiger partial charge in [0.2, 0.25) is 0 Å². The predicted molar refractivity (Wildman–Crippen MR) is 95.7 cm³/mol. The van der Waals surface area contributed by atoms with Crippen LogP contribution in [0.3, 0.4) is 0 Å². The summed E-state index contributed by atoms with van der Waals surface area (Å²) < 4.78 is 24.5. The summed E-state index contributed by atoms with van der Waals surface area (Å²) in [5.41, 5.74) is 1.05. The Morgan fingerprint density at radius 1 is 1.11 bits per heavy atom. The topological polar surface area (TPSA) is 132 Å². The number of hydrogen-bond acceptors (Lipinski definition) is 6. The van der Waals surface area contributed by atoms with E-state index in [2.05, 4.69) is 5.10 Å². The number of aromatic nitrogens is 2. The van der Waals surface area contributed by atoms with Crippen molar-refractivity contribution in [1.82, 2.24) is 9.78 Å². The van der Waals surface area contributed by atoms with Crippen molar-refractivity contribution in [2.24, 2.45) is 0 Å². The highest BCUT2D eigenvalue weighted by molar-refractivity contribution is 7.90. The molecule has 0 fully saturated rings. The van der Waals surface area contributed by atoms with E-state index < -0.39 is 20.7 Å². The third kappa shape index (κ3) is 3.70. The highest BCUT2D eigenvalue weighted by Gasteiger charge is 2.17. The van der Waals surface area contributed by atoms with Crippen LogP contribution in [-0.4, -0.2) is 40.5 Å². The van der Waals surface area contributed by atoms with Crippen molar-refractivity contribution in [3.05, 3.63) is 70.4 Å². The zero-order valence-corrected chi connectivity index (χ0v) is 14.8. The summed E-state index contributed by atoms with van der Waals surface area (Å²) in [4.78, 5) is 21.7. The monoisotopic (exact) mass is 387 g/mol. The largest absolute Gasteiger partial charge is 0.476 e. The molecule has 3 rings (SSSR count). The maximum Gasteiger partial charge on any atom is 0.356 e. The van der Waals surface area contributed by atoms with Crippen LogP contribution in [0, 0.1) is 10.1 Å². The van der Waals surface area contributed by atoms with E-state index in [0.717, 1.165) is 6.26 Å². The second kappa shape index (κ2) is 6.65. The molecule has 0 bridgehead atoms. The Morgan fingerprint density at radius 3 is 2.19 bits per heavy atom. The van der Waals surface area contributed by atoms with Crippen LogP contribution in [-0.2, 0) is 9.84 Å². The van der Waals surface area contributed by atoms with Crippen molar-refractivity contribution in [2.75, 3.05) is 6.26 Å². The first-order valence-electron chi connectivity index (χ1n) is 7.55. The molecule has 2 aromatic carbocycles. The summed E-state index contributed by atoms with van der Waals surface area (Å²) in [5.74, 6) is -1.23. The van der Waals surface area contributed by atoms with E-state index in [9.17, 15) is 28.4 Å². The Labute approximate surface area is 153 Å². The van der Waals surface area contributed by atoms with Gasteiger partial charge >= 0.3 is 5.97 Å². The third-order valence-electron chi connectivity index (χ3n) is 3.81. The summed E-state index contributed by atoms with van der Waals surface area (Å²) in [6.07, 6.45) is 1.09. The summed E-state index contributed by atoms with van der Waals surface area (Å²) in [7, 11) is -3.37. The molecule has 0 radical (unpaired) electrons. The molecule has 0 amide bonds. The molecule has 1 N–H and O–H groups in total. The van der Waals surface area contributed by atoms with Crippen molar-refractivity contribution in [3.63, 3.8) is 0 Å². The van der Waals surface area contributed by atoms with Gasteiger partial charge in [-0.05, 0) is 30.3 Å². The van der Waals surface area contributed by atoms with Crippen LogP contribution in [0.5, 0.6) is 0 Å². The molecule has 0 aliphatic heterocycles. The lowest BCUT2D eigenvalue weighted by Gasteiger charge is -2.08. The maximum atomic E-state index is 11.6. The van der Waals surface area contributed by atoms with Crippen molar-refractivity contribution in [3.8, 4) is 16.9 Å². The molecular weight excluding hydrogens is 374 g/mol. The Morgan fingerprint density at radius 2 is 1.70 bits per heavy atom. The van der Waals surface area contributed by atoms with Gasteiger partial charge in [0.25, 0.3) is 5.69 Å². The van der Waals surface area contributed by atoms with Crippen LogP contribution in [0.1, 0.15) is 10.5 Å². The summed E-state index contributed by atoms with van der Waals surface area (Å²) in [6, 6.07) is 12.7. The molecule has 0 spiro atoms. The van der Waals surface area contributed by atoms with Crippen LogP contribution in [0.15, 0.2) is 59.5 Å². The molecule has 0 atom stereocenters. The fraction of sp³-hybridized carbons (Fsp3) is 0.0588. The average molecular weight is 387 g/mol. The second-order valence-corrected chi connectivity index (χ2v) is 7.72. The van der Waals surface area contributed by atoms with Crippen LogP contribution < -0.4 is 0 Å². The minimum absolute atomic E-state index is 0.108. The van der Waals surface area contributed by atoms with Crippen molar-refractivity contribution < 1.29 is 23.2 Å². The molecular formula is C17H13N3O6S. The Hall–Kier alpha value is -3.53. The zero-order valence-electron chi connectivity index (χ0n) is 13.9. The summed E-state index contributed by atoms with van der Waals surface area (Å²) in [6.45, 7) is 0. The molecule has 9 nitrogen and oxygen atoms in total. The van der Waals surface area contributed by atoms with Crippen molar-refractivity contribution >= 4 is 21.5 Å². The Kier molecular flexibility index (Phi) is 4.50. The molecule has 27 heavy (non-hydrogen) atoms. The van der Waals surface area contributed by atoms with E-state index in [4.69, 9.17) is 0 Å². The summed E-state index contributed by atoms with van der Waals surface area (Å²) >= 11 is 0. The number of carboxylic acid groups (broad SMARTS) is 1. The SMILES string of the molecule is CS(=O)(=O)c1ccc(-c2cc(C(=O)O)nn2-c2ccc([N+](=O)[O-])cc2)cc1. The smallest absolute Gasteiger partial charge is 0.356 e. The van der Waals surface area contributed by atoms with Gasteiger partial charge in [-0.15, -0.1) is 0 Å². The molecule has 1 heterocycles. The first-order valence-corrected chi connectivity index (χ1v) is 9.44. The highest BCUT2D eigenvalue weighted by Crippen LogP contribution is 2.26. The van der Waals surface area contributed by atoms with E-state index in [-0.39, 0.29) is 16.3 Å². The molecule has 0 saturated carbocycles. The van der Waals surface area contributed by atoms with Crippen LogP contribution in [0.25, 0.3) is 16.9 Å². The number of carboxylic acids is 1. The number of nitro groups is 1. The third-order valence-corrected chi connectivity index (χ3v) is 4.94. The van der Waals surface area contributed by atoms with Gasteiger partial charge in [-0.3, -0.25) is 10.1 Å². The van der Waals surface area contributed by atoms with Gasteiger partial charge in [0.15, 0.2) is 15.5 Å². The fourth-order valence-electron chi connectivity index (χ4n) is 2.48. The normalized spacial score (nSPS) is 11.3. The number of nitro benzene ring substituents is 1. The number of hydrogen-bond donors (Lipinski definition) is 1. The van der Waals surface area contributed by atoms with E-state index in [1.807, 2.05) is 0 Å². The average Bonchev–Trinajstić information content (AvgIpc) is 3.07. The number of non-ortho nitro benzene ring substituents is 1. The zero-order chi connectivity index (χ0) is 19.8. The highest BCUT2D eigenvalue weighted by atomic mass is 32.2. The second-order valence-electron chi connectivity index (χ2n) is 5.70. The lowest BCUT2D eigenvalue weighted by atomic mass is 10.1. The molecule has 0 unspecified atom stereocenters. The molecule has 1 aromatic heterocycles. The van der Waals surface area contributed by atoms with Gasteiger partial charge in [-0.1, -0.05) is 12.1 Å². The lowest BCUT2D eigenvalue weighted by Crippen LogP contribution is -2.02. The van der Waals surface area contributed by atoms with E-state index in [1.54, 1.807) is 12.1 Å². The minimum Gasteiger partial charge on any atom is -0.476 e. The molecule has 0 aliphatic carbocycles. The molecule has 10 heteroatoms. The Balaban J connectivity index is 2.12. The standard InChI is InChI=1S/C17H13N3O6S/c1-27(25,26)14-8-2-11(3-9-14)16-10-15(17(21)22)18-19(16)12-4-6-13(7-5-12)20(23)24/h2-10H,1H3,(H,21,22). The van der Waals surface area contributed by atoms with Crippen LogP contribution in [0.4, 0.5) is 5.69 Å². The van der Waals surface area contributed by atoms with Gasteiger partial charge in [0, 0.05) is 24.0 Å². The number of sulfone groups is 1. The number of carbonyl (C=O) groups is 1. The van der Waals surface area contributed by atoms with Crippen molar-refractivity contribution in [2.45, 2.75) is 4.90 Å². The molecule has 0 saturated heterocycles. The number of rotatable bonds is 5. The summed E-state index contributed by atoms with van der Waals surface area (Å²) in [5, 5.41) is 24.1. The van der Waals surface area contributed by atoms with Gasteiger partial charge in [0.05, 0.1) is 21.2 Å². The lowest BCUT2D eigenvalue weighted by molar-refractivity contribution is -0.384. The first-order chi connectivity index (χ1) is 12.7.